The minimum Gasteiger partial charge on any atom is -0.497 e. The van der Waals surface area contributed by atoms with Gasteiger partial charge in [0.2, 0.25) is 0 Å². The van der Waals surface area contributed by atoms with Gasteiger partial charge in [-0.3, -0.25) is 0 Å². The predicted octanol–water partition coefficient (Wildman–Crippen LogP) is 5.97. The Hall–Kier alpha value is -2.67. The van der Waals surface area contributed by atoms with E-state index < -0.39 is 11.7 Å². The summed E-state index contributed by atoms with van der Waals surface area (Å²) in [6.07, 6.45) is -1.86. The number of fused-ring (bicyclic) bond motifs is 1. The highest BCUT2D eigenvalue weighted by atomic mass is 35.5. The summed E-state index contributed by atoms with van der Waals surface area (Å²) >= 11 is 6.31. The zero-order valence-corrected chi connectivity index (χ0v) is 16.4. The monoisotopic (exact) mass is 421 g/mol. The van der Waals surface area contributed by atoms with Gasteiger partial charge in [0.15, 0.2) is 0 Å². The molecule has 152 valence electrons. The number of nitrogens with zero attached hydrogens (tertiary/aromatic N) is 2. The normalized spacial score (nSPS) is 14.1. The summed E-state index contributed by atoms with van der Waals surface area (Å²) in [5, 5.41) is 8.29. The Kier molecular flexibility index (Phi) is 5.17. The number of hydrogen-bond donors (Lipinski definition) is 1. The number of benzene rings is 2. The average molecular weight is 422 g/mol. The lowest BCUT2D eigenvalue weighted by Gasteiger charge is -2.10. The number of methoxy groups -OCH3 is 1. The Bertz CT molecular complexity index is 1030. The van der Waals surface area contributed by atoms with E-state index in [0.717, 1.165) is 48.6 Å². The van der Waals surface area contributed by atoms with Crippen LogP contribution in [0.3, 0.4) is 0 Å². The van der Waals surface area contributed by atoms with Gasteiger partial charge >= 0.3 is 6.18 Å². The molecule has 1 aliphatic heterocycles. The second-order valence-electron chi connectivity index (χ2n) is 6.86. The number of nitrogens with one attached hydrogen (secondary N) is 1. The van der Waals surface area contributed by atoms with Crippen LogP contribution in [0.25, 0.3) is 16.9 Å². The molecule has 1 aliphatic rings. The van der Waals surface area contributed by atoms with E-state index in [1.54, 1.807) is 11.8 Å². The molecule has 1 N–H and O–H groups in total. The maximum atomic E-state index is 13.3. The van der Waals surface area contributed by atoms with Gasteiger partial charge in [0, 0.05) is 17.7 Å². The van der Waals surface area contributed by atoms with Gasteiger partial charge in [-0.05, 0) is 61.7 Å². The molecule has 3 aromatic rings. The molecule has 4 nitrogen and oxygen atoms in total. The molecule has 4 rings (SSSR count). The molecule has 0 amide bonds. The summed E-state index contributed by atoms with van der Waals surface area (Å²) in [6.45, 7) is 0.768. The molecule has 2 heterocycles. The standard InChI is InChI=1S/C21H19ClF3N3O/c1-29-15-8-6-14(7-9-15)28-20-16(4-2-3-11-26-20)19(27-28)17-12-13(21(23,24)25)5-10-18(17)22/h5-10,12,26H,2-4,11H2,1H3. The minimum atomic E-state index is -4.45. The van der Waals surface area contributed by atoms with Gasteiger partial charge in [0.1, 0.15) is 11.6 Å². The lowest BCUT2D eigenvalue weighted by molar-refractivity contribution is -0.137. The fourth-order valence-electron chi connectivity index (χ4n) is 3.51. The van der Waals surface area contributed by atoms with E-state index in [9.17, 15) is 13.2 Å². The van der Waals surface area contributed by atoms with E-state index in [-0.39, 0.29) is 10.6 Å². The number of alkyl halides is 3. The van der Waals surface area contributed by atoms with Crippen molar-refractivity contribution in [2.24, 2.45) is 0 Å². The minimum absolute atomic E-state index is 0.240. The van der Waals surface area contributed by atoms with E-state index in [4.69, 9.17) is 16.3 Å². The number of aromatic nitrogens is 2. The van der Waals surface area contributed by atoms with Crippen LogP contribution in [0.15, 0.2) is 42.5 Å². The van der Waals surface area contributed by atoms with E-state index in [2.05, 4.69) is 10.4 Å². The third-order valence-corrected chi connectivity index (χ3v) is 5.32. The highest BCUT2D eigenvalue weighted by Gasteiger charge is 2.32. The van der Waals surface area contributed by atoms with Crippen LogP contribution in [-0.4, -0.2) is 23.4 Å². The Morgan fingerprint density at radius 3 is 2.55 bits per heavy atom. The zero-order chi connectivity index (χ0) is 20.6. The fourth-order valence-corrected chi connectivity index (χ4v) is 3.72. The molecule has 0 spiro atoms. The molecule has 0 unspecified atom stereocenters. The first-order valence-corrected chi connectivity index (χ1v) is 9.63. The summed E-state index contributed by atoms with van der Waals surface area (Å²) < 4.78 is 46.7. The largest absolute Gasteiger partial charge is 0.497 e. The number of hydrogen-bond acceptors (Lipinski definition) is 3. The van der Waals surface area contributed by atoms with Crippen LogP contribution in [0.1, 0.15) is 24.0 Å². The van der Waals surface area contributed by atoms with Gasteiger partial charge in [-0.25, -0.2) is 4.68 Å². The third kappa shape index (κ3) is 3.79. The van der Waals surface area contributed by atoms with Crippen molar-refractivity contribution in [3.05, 3.63) is 58.6 Å². The van der Waals surface area contributed by atoms with E-state index >= 15 is 0 Å². The molecule has 29 heavy (non-hydrogen) atoms. The van der Waals surface area contributed by atoms with Crippen molar-refractivity contribution in [1.82, 2.24) is 9.78 Å². The molecule has 0 atom stereocenters. The number of halogens is 4. The summed E-state index contributed by atoms with van der Waals surface area (Å²) in [5.41, 5.74) is 1.67. The van der Waals surface area contributed by atoms with Crippen molar-refractivity contribution in [2.45, 2.75) is 25.4 Å². The Morgan fingerprint density at radius 2 is 1.86 bits per heavy atom. The molecule has 0 radical (unpaired) electrons. The predicted molar refractivity (Wildman–Crippen MR) is 107 cm³/mol. The van der Waals surface area contributed by atoms with Crippen LogP contribution in [0.5, 0.6) is 5.75 Å². The molecule has 0 fully saturated rings. The summed E-state index contributed by atoms with van der Waals surface area (Å²) in [6, 6.07) is 10.7. The van der Waals surface area contributed by atoms with Crippen molar-refractivity contribution in [3.8, 4) is 22.7 Å². The molecule has 0 aliphatic carbocycles. The van der Waals surface area contributed by atoms with Crippen LogP contribution >= 0.6 is 11.6 Å². The first kappa shape index (κ1) is 19.6. The second kappa shape index (κ2) is 7.63. The zero-order valence-electron chi connectivity index (χ0n) is 15.7. The highest BCUT2D eigenvalue weighted by molar-refractivity contribution is 6.33. The molecule has 1 aromatic heterocycles. The molecule has 0 saturated carbocycles. The van der Waals surface area contributed by atoms with E-state index in [1.165, 1.54) is 6.07 Å². The molecule has 8 heteroatoms. The van der Waals surface area contributed by atoms with Crippen molar-refractivity contribution in [2.75, 3.05) is 19.0 Å². The summed E-state index contributed by atoms with van der Waals surface area (Å²) in [4.78, 5) is 0. The van der Waals surface area contributed by atoms with Crippen LogP contribution in [0.4, 0.5) is 19.0 Å². The lowest BCUT2D eigenvalue weighted by atomic mass is 10.0. The molecule has 0 bridgehead atoms. The van der Waals surface area contributed by atoms with Gasteiger partial charge in [-0.15, -0.1) is 0 Å². The Balaban J connectivity index is 1.90. The van der Waals surface area contributed by atoms with E-state index in [1.807, 2.05) is 24.3 Å². The van der Waals surface area contributed by atoms with Gasteiger partial charge < -0.3 is 10.1 Å². The summed E-state index contributed by atoms with van der Waals surface area (Å²) in [5.74, 6) is 1.50. The van der Waals surface area contributed by atoms with Gasteiger partial charge in [0.05, 0.1) is 29.1 Å². The second-order valence-corrected chi connectivity index (χ2v) is 7.27. The number of anilines is 1. The molecular formula is C21H19ClF3N3O. The van der Waals surface area contributed by atoms with Gasteiger partial charge in [-0.2, -0.15) is 18.3 Å². The Morgan fingerprint density at radius 1 is 1.10 bits per heavy atom. The molecule has 2 aromatic carbocycles. The van der Waals surface area contributed by atoms with Gasteiger partial charge in [0.25, 0.3) is 0 Å². The maximum absolute atomic E-state index is 13.3. The smallest absolute Gasteiger partial charge is 0.416 e. The Labute approximate surface area is 171 Å². The first-order chi connectivity index (χ1) is 13.9. The topological polar surface area (TPSA) is 39.1 Å². The fraction of sp³-hybridized carbons (Fsp3) is 0.286. The van der Waals surface area contributed by atoms with Crippen LogP contribution in [-0.2, 0) is 12.6 Å². The van der Waals surface area contributed by atoms with Crippen LogP contribution in [0.2, 0.25) is 5.02 Å². The SMILES string of the molecule is COc1ccc(-n2nc(-c3cc(C(F)(F)F)ccc3Cl)c3c2NCCCC3)cc1. The third-order valence-electron chi connectivity index (χ3n) is 5.00. The first-order valence-electron chi connectivity index (χ1n) is 9.26. The molecular weight excluding hydrogens is 403 g/mol. The van der Waals surface area contributed by atoms with Crippen molar-refractivity contribution >= 4 is 17.4 Å². The van der Waals surface area contributed by atoms with Crippen LogP contribution < -0.4 is 10.1 Å². The average Bonchev–Trinajstić information content (AvgIpc) is 2.88. The summed E-state index contributed by atoms with van der Waals surface area (Å²) in [7, 11) is 1.59. The quantitative estimate of drug-likeness (QED) is 0.566. The van der Waals surface area contributed by atoms with E-state index in [0.29, 0.717) is 17.9 Å². The number of rotatable bonds is 3. The van der Waals surface area contributed by atoms with Crippen molar-refractivity contribution < 1.29 is 17.9 Å². The van der Waals surface area contributed by atoms with Crippen molar-refractivity contribution in [3.63, 3.8) is 0 Å². The van der Waals surface area contributed by atoms with Gasteiger partial charge in [-0.1, -0.05) is 11.6 Å². The lowest BCUT2D eigenvalue weighted by Crippen LogP contribution is -2.07. The maximum Gasteiger partial charge on any atom is 0.416 e. The molecule has 0 saturated heterocycles. The van der Waals surface area contributed by atoms with Crippen molar-refractivity contribution in [1.29, 1.82) is 0 Å². The number of ether oxygens (including phenoxy) is 1. The van der Waals surface area contributed by atoms with Crippen LogP contribution in [0, 0.1) is 0 Å². The highest BCUT2D eigenvalue weighted by Crippen LogP contribution is 2.40.